The van der Waals surface area contributed by atoms with E-state index in [0.717, 1.165) is 6.42 Å². The average Bonchev–Trinajstić information content (AvgIpc) is 2.66. The number of aliphatic hydroxyl groups excluding tert-OH is 1. The van der Waals surface area contributed by atoms with Gasteiger partial charge in [-0.1, -0.05) is 0 Å². The highest BCUT2D eigenvalue weighted by molar-refractivity contribution is 5.75. The number of hydrogen-bond acceptors (Lipinski definition) is 3. The van der Waals surface area contributed by atoms with Crippen molar-refractivity contribution in [3.63, 3.8) is 0 Å². The third-order valence-electron chi connectivity index (χ3n) is 2.17. The lowest BCUT2D eigenvalue weighted by atomic mass is 10.1. The van der Waals surface area contributed by atoms with Crippen LogP contribution in [0.1, 0.15) is 33.1 Å². The highest BCUT2D eigenvalue weighted by atomic mass is 16.6. The first-order valence-electron chi connectivity index (χ1n) is 4.44. The number of ether oxygens (including phenoxy) is 1. The second-order valence-corrected chi connectivity index (χ2v) is 3.47. The molecular weight excluding hydrogens is 156 g/mol. The van der Waals surface area contributed by atoms with Gasteiger partial charge in [0.1, 0.15) is 11.9 Å². The topological polar surface area (TPSA) is 49.8 Å². The molecule has 70 valence electrons. The minimum atomic E-state index is -0.376. The molecule has 1 N–H and O–H groups in total. The predicted molar refractivity (Wildman–Crippen MR) is 44.9 cm³/mol. The van der Waals surface area contributed by atoms with Crippen LogP contribution in [0.25, 0.3) is 0 Å². The molecule has 1 aliphatic rings. The molecule has 1 heterocycles. The van der Waals surface area contributed by atoms with E-state index in [4.69, 9.17) is 4.74 Å². The molecule has 1 rings (SSSR count). The van der Waals surface area contributed by atoms with Crippen LogP contribution in [0.15, 0.2) is 0 Å². The zero-order valence-electron chi connectivity index (χ0n) is 7.62. The zero-order chi connectivity index (χ0) is 9.14. The largest absolute Gasteiger partial charge is 0.390 e. The minimum absolute atomic E-state index is 0.0250. The van der Waals surface area contributed by atoms with Gasteiger partial charge in [0.15, 0.2) is 0 Å². The standard InChI is InChI=1S/C9H16O3/c1-6(10)4-3-5-8(11)9-7(2)12-9/h7-9,11H,3-5H2,1-2H3/t7-,8-,9+/m1/s1. The Morgan fingerprint density at radius 2 is 2.25 bits per heavy atom. The van der Waals surface area contributed by atoms with Gasteiger partial charge in [-0.25, -0.2) is 0 Å². The maximum absolute atomic E-state index is 10.6. The molecule has 12 heavy (non-hydrogen) atoms. The first kappa shape index (κ1) is 9.68. The second kappa shape index (κ2) is 4.01. The number of ketones is 1. The number of hydrogen-bond donors (Lipinski definition) is 1. The van der Waals surface area contributed by atoms with Crippen molar-refractivity contribution in [3.8, 4) is 0 Å². The van der Waals surface area contributed by atoms with E-state index in [1.807, 2.05) is 6.92 Å². The van der Waals surface area contributed by atoms with E-state index in [9.17, 15) is 9.90 Å². The molecule has 0 bridgehead atoms. The summed E-state index contributed by atoms with van der Waals surface area (Å²) < 4.78 is 5.10. The molecule has 3 nitrogen and oxygen atoms in total. The lowest BCUT2D eigenvalue weighted by Gasteiger charge is -2.05. The van der Waals surface area contributed by atoms with E-state index >= 15 is 0 Å². The Morgan fingerprint density at radius 3 is 2.67 bits per heavy atom. The van der Waals surface area contributed by atoms with Crippen molar-refractivity contribution in [2.24, 2.45) is 0 Å². The smallest absolute Gasteiger partial charge is 0.129 e. The van der Waals surface area contributed by atoms with E-state index in [1.165, 1.54) is 0 Å². The van der Waals surface area contributed by atoms with Gasteiger partial charge in [0.25, 0.3) is 0 Å². The predicted octanol–water partition coefficient (Wildman–Crippen LogP) is 0.894. The Balaban J connectivity index is 2.03. The summed E-state index contributed by atoms with van der Waals surface area (Å²) in [7, 11) is 0. The fraction of sp³-hybridized carbons (Fsp3) is 0.889. The summed E-state index contributed by atoms with van der Waals surface area (Å²) in [6.45, 7) is 3.52. The van der Waals surface area contributed by atoms with Gasteiger partial charge in [0.2, 0.25) is 0 Å². The van der Waals surface area contributed by atoms with Gasteiger partial charge in [0, 0.05) is 6.42 Å². The van der Waals surface area contributed by atoms with Crippen molar-refractivity contribution in [2.45, 2.75) is 51.4 Å². The monoisotopic (exact) mass is 172 g/mol. The Kier molecular flexibility index (Phi) is 3.23. The second-order valence-electron chi connectivity index (χ2n) is 3.47. The lowest BCUT2D eigenvalue weighted by molar-refractivity contribution is -0.117. The molecule has 3 atom stereocenters. The van der Waals surface area contributed by atoms with Gasteiger partial charge < -0.3 is 14.6 Å². The molecule has 0 aromatic rings. The van der Waals surface area contributed by atoms with E-state index in [1.54, 1.807) is 6.92 Å². The van der Waals surface area contributed by atoms with Gasteiger partial charge in [-0.3, -0.25) is 0 Å². The van der Waals surface area contributed by atoms with Crippen molar-refractivity contribution >= 4 is 5.78 Å². The number of epoxide rings is 1. The SMILES string of the molecule is CC(=O)CCC[C@@H](O)[C@H]1O[C@@H]1C. The summed E-state index contributed by atoms with van der Waals surface area (Å²) in [5.74, 6) is 0.187. The van der Waals surface area contributed by atoms with Crippen molar-refractivity contribution < 1.29 is 14.6 Å². The summed E-state index contributed by atoms with van der Waals surface area (Å²) in [5, 5.41) is 9.44. The lowest BCUT2D eigenvalue weighted by Crippen LogP contribution is -2.16. The molecule has 0 spiro atoms. The van der Waals surface area contributed by atoms with Crippen LogP contribution in [0.4, 0.5) is 0 Å². The van der Waals surface area contributed by atoms with Gasteiger partial charge >= 0.3 is 0 Å². The third kappa shape index (κ3) is 2.91. The maximum atomic E-state index is 10.6. The summed E-state index contributed by atoms with van der Waals surface area (Å²) in [6, 6.07) is 0. The van der Waals surface area contributed by atoms with Crippen molar-refractivity contribution in [2.75, 3.05) is 0 Å². The average molecular weight is 172 g/mol. The van der Waals surface area contributed by atoms with E-state index in [0.29, 0.717) is 12.8 Å². The summed E-state index contributed by atoms with van der Waals surface area (Å²) in [6.07, 6.45) is 1.86. The normalized spacial score (nSPS) is 29.9. The van der Waals surface area contributed by atoms with Gasteiger partial charge in [-0.2, -0.15) is 0 Å². The van der Waals surface area contributed by atoms with E-state index < -0.39 is 0 Å². The molecule has 1 saturated heterocycles. The molecule has 0 aliphatic carbocycles. The quantitative estimate of drug-likeness (QED) is 0.627. The Morgan fingerprint density at radius 1 is 1.67 bits per heavy atom. The first-order chi connectivity index (χ1) is 5.61. The summed E-state index contributed by atoms with van der Waals surface area (Å²) in [5.41, 5.74) is 0. The van der Waals surface area contributed by atoms with Crippen LogP contribution in [0, 0.1) is 0 Å². The van der Waals surface area contributed by atoms with Crippen molar-refractivity contribution in [1.82, 2.24) is 0 Å². The Labute approximate surface area is 72.7 Å². The number of carbonyl (C=O) groups is 1. The molecule has 1 fully saturated rings. The molecule has 0 unspecified atom stereocenters. The summed E-state index contributed by atoms with van der Waals surface area (Å²) >= 11 is 0. The van der Waals surface area contributed by atoms with Gasteiger partial charge in [-0.05, 0) is 26.7 Å². The number of carbonyl (C=O) groups excluding carboxylic acids is 1. The molecular formula is C9H16O3. The number of Topliss-reactive ketones (excluding diaryl/α,β-unsaturated/α-hetero) is 1. The number of rotatable bonds is 5. The highest BCUT2D eigenvalue weighted by Crippen LogP contribution is 2.26. The Bertz CT molecular complexity index is 167. The Hall–Kier alpha value is -0.410. The molecule has 0 radical (unpaired) electrons. The fourth-order valence-corrected chi connectivity index (χ4v) is 1.33. The van der Waals surface area contributed by atoms with Crippen LogP contribution >= 0.6 is 0 Å². The number of aliphatic hydroxyl groups is 1. The van der Waals surface area contributed by atoms with Gasteiger partial charge in [0.05, 0.1) is 12.2 Å². The fourth-order valence-electron chi connectivity index (χ4n) is 1.33. The van der Waals surface area contributed by atoms with Crippen LogP contribution in [-0.4, -0.2) is 29.2 Å². The third-order valence-corrected chi connectivity index (χ3v) is 2.17. The molecule has 0 amide bonds. The van der Waals surface area contributed by atoms with Gasteiger partial charge in [-0.15, -0.1) is 0 Å². The van der Waals surface area contributed by atoms with Crippen LogP contribution in [0.3, 0.4) is 0 Å². The molecule has 0 aromatic heterocycles. The van der Waals surface area contributed by atoms with E-state index in [2.05, 4.69) is 0 Å². The zero-order valence-corrected chi connectivity index (χ0v) is 7.62. The summed E-state index contributed by atoms with van der Waals surface area (Å²) in [4.78, 5) is 10.6. The maximum Gasteiger partial charge on any atom is 0.129 e. The first-order valence-corrected chi connectivity index (χ1v) is 4.44. The van der Waals surface area contributed by atoms with Crippen LogP contribution in [0.2, 0.25) is 0 Å². The van der Waals surface area contributed by atoms with Crippen LogP contribution in [-0.2, 0) is 9.53 Å². The molecule has 3 heteroatoms. The highest BCUT2D eigenvalue weighted by Gasteiger charge is 2.39. The van der Waals surface area contributed by atoms with Crippen LogP contribution < -0.4 is 0 Å². The minimum Gasteiger partial charge on any atom is -0.390 e. The molecule has 0 saturated carbocycles. The van der Waals surface area contributed by atoms with Crippen molar-refractivity contribution in [1.29, 1.82) is 0 Å². The van der Waals surface area contributed by atoms with Crippen LogP contribution in [0.5, 0.6) is 0 Å². The van der Waals surface area contributed by atoms with E-state index in [-0.39, 0.29) is 24.1 Å². The van der Waals surface area contributed by atoms with Crippen molar-refractivity contribution in [3.05, 3.63) is 0 Å². The molecule has 0 aromatic carbocycles. The molecule has 1 aliphatic heterocycles.